The van der Waals surface area contributed by atoms with Gasteiger partial charge in [0, 0.05) is 18.7 Å². The van der Waals surface area contributed by atoms with Gasteiger partial charge in [-0.3, -0.25) is 0 Å². The Balaban J connectivity index is 1.90. The molecule has 1 fully saturated rings. The van der Waals surface area contributed by atoms with Crippen LogP contribution in [0.5, 0.6) is 0 Å². The minimum absolute atomic E-state index is 0.365. The van der Waals surface area contributed by atoms with Gasteiger partial charge in [0.25, 0.3) is 0 Å². The van der Waals surface area contributed by atoms with E-state index in [4.69, 9.17) is 10.5 Å². The zero-order chi connectivity index (χ0) is 11.8. The minimum Gasteiger partial charge on any atom is -0.379 e. The van der Waals surface area contributed by atoms with E-state index >= 15 is 0 Å². The number of hydrogen-bond acceptors (Lipinski definition) is 3. The fourth-order valence-electron chi connectivity index (χ4n) is 2.27. The van der Waals surface area contributed by atoms with Gasteiger partial charge in [-0.2, -0.15) is 0 Å². The highest BCUT2D eigenvalue weighted by molar-refractivity contribution is 4.79. The lowest BCUT2D eigenvalue weighted by molar-refractivity contribution is 0.0758. The van der Waals surface area contributed by atoms with Gasteiger partial charge in [-0.25, -0.2) is 0 Å². The van der Waals surface area contributed by atoms with Crippen molar-refractivity contribution >= 4 is 0 Å². The molecule has 0 heterocycles. The third kappa shape index (κ3) is 6.46. The van der Waals surface area contributed by atoms with Crippen molar-refractivity contribution in [3.63, 3.8) is 0 Å². The quantitative estimate of drug-likeness (QED) is 0.656. The van der Waals surface area contributed by atoms with Crippen LogP contribution in [0.1, 0.15) is 52.4 Å². The van der Waals surface area contributed by atoms with Crippen molar-refractivity contribution in [2.75, 3.05) is 13.2 Å². The third-order valence-electron chi connectivity index (χ3n) is 3.17. The van der Waals surface area contributed by atoms with E-state index in [1.807, 2.05) is 0 Å². The van der Waals surface area contributed by atoms with Crippen molar-refractivity contribution in [2.45, 2.75) is 70.6 Å². The average Bonchev–Trinajstić information content (AvgIpc) is 2.23. The molecule has 2 atom stereocenters. The second-order valence-corrected chi connectivity index (χ2v) is 5.20. The smallest absolute Gasteiger partial charge is 0.0518 e. The van der Waals surface area contributed by atoms with Crippen LogP contribution in [-0.2, 0) is 4.74 Å². The van der Waals surface area contributed by atoms with Crippen LogP contribution in [-0.4, -0.2) is 31.3 Å². The Morgan fingerprint density at radius 3 is 2.81 bits per heavy atom. The van der Waals surface area contributed by atoms with Crippen LogP contribution in [0.3, 0.4) is 0 Å². The van der Waals surface area contributed by atoms with E-state index < -0.39 is 0 Å². The molecule has 3 nitrogen and oxygen atoms in total. The van der Waals surface area contributed by atoms with Crippen LogP contribution in [0.15, 0.2) is 0 Å². The van der Waals surface area contributed by atoms with E-state index in [1.165, 1.54) is 25.7 Å². The van der Waals surface area contributed by atoms with Crippen molar-refractivity contribution in [1.29, 1.82) is 0 Å². The fraction of sp³-hybridized carbons (Fsp3) is 1.00. The van der Waals surface area contributed by atoms with Crippen molar-refractivity contribution in [3.8, 4) is 0 Å². The normalized spacial score (nSPS) is 26.2. The summed E-state index contributed by atoms with van der Waals surface area (Å²) in [5.41, 5.74) is 5.95. The molecule has 96 valence electrons. The fourth-order valence-corrected chi connectivity index (χ4v) is 2.27. The summed E-state index contributed by atoms with van der Waals surface area (Å²) in [6.45, 7) is 6.17. The van der Waals surface area contributed by atoms with Crippen LogP contribution in [0, 0.1) is 0 Å². The minimum atomic E-state index is 0.365. The number of unbranched alkanes of at least 4 members (excludes halogenated alkanes) is 1. The topological polar surface area (TPSA) is 47.3 Å². The molecule has 16 heavy (non-hydrogen) atoms. The summed E-state index contributed by atoms with van der Waals surface area (Å²) in [5.74, 6) is 0. The number of nitrogens with one attached hydrogen (secondary N) is 1. The van der Waals surface area contributed by atoms with E-state index in [2.05, 4.69) is 19.2 Å². The van der Waals surface area contributed by atoms with Gasteiger partial charge in [0.05, 0.1) is 6.10 Å². The molecule has 0 aromatic rings. The first-order valence-corrected chi connectivity index (χ1v) is 6.79. The largest absolute Gasteiger partial charge is 0.379 e. The Labute approximate surface area is 100 Å². The van der Waals surface area contributed by atoms with Crippen molar-refractivity contribution in [1.82, 2.24) is 5.32 Å². The third-order valence-corrected chi connectivity index (χ3v) is 3.17. The van der Waals surface area contributed by atoms with Gasteiger partial charge in [-0.1, -0.05) is 6.42 Å². The maximum atomic E-state index is 5.95. The molecule has 0 bridgehead atoms. The highest BCUT2D eigenvalue weighted by atomic mass is 16.5. The number of rotatable bonds is 7. The van der Waals surface area contributed by atoms with Gasteiger partial charge in [0.2, 0.25) is 0 Å². The van der Waals surface area contributed by atoms with Crippen molar-refractivity contribution in [3.05, 3.63) is 0 Å². The van der Waals surface area contributed by atoms with Gasteiger partial charge in [-0.05, 0) is 52.5 Å². The monoisotopic (exact) mass is 228 g/mol. The van der Waals surface area contributed by atoms with Crippen molar-refractivity contribution in [2.24, 2.45) is 5.73 Å². The van der Waals surface area contributed by atoms with Crippen molar-refractivity contribution < 1.29 is 4.74 Å². The SMILES string of the molecule is CC(C)OCCCCNC1CCCC(N)C1. The van der Waals surface area contributed by atoms with Crippen LogP contribution in [0.25, 0.3) is 0 Å². The molecule has 1 aliphatic carbocycles. The predicted molar refractivity (Wildman–Crippen MR) is 68.6 cm³/mol. The Morgan fingerprint density at radius 2 is 2.12 bits per heavy atom. The summed E-state index contributed by atoms with van der Waals surface area (Å²) in [4.78, 5) is 0. The highest BCUT2D eigenvalue weighted by Crippen LogP contribution is 2.16. The first-order chi connectivity index (χ1) is 7.68. The number of hydrogen-bond donors (Lipinski definition) is 2. The van der Waals surface area contributed by atoms with E-state index in [1.54, 1.807) is 0 Å². The van der Waals surface area contributed by atoms with Crippen LogP contribution in [0.2, 0.25) is 0 Å². The second kappa shape index (κ2) is 8.04. The molecule has 3 heteroatoms. The molecule has 3 N–H and O–H groups in total. The molecule has 0 aromatic heterocycles. The standard InChI is InChI=1S/C13H28N2O/c1-11(2)16-9-4-3-8-15-13-7-5-6-12(14)10-13/h11-13,15H,3-10,14H2,1-2H3. The Kier molecular flexibility index (Phi) is 7.01. The van der Waals surface area contributed by atoms with E-state index in [0.717, 1.165) is 26.0 Å². The lowest BCUT2D eigenvalue weighted by atomic mass is 9.91. The van der Waals surface area contributed by atoms with E-state index in [9.17, 15) is 0 Å². The van der Waals surface area contributed by atoms with Gasteiger partial charge < -0.3 is 15.8 Å². The summed E-state index contributed by atoms with van der Waals surface area (Å²) in [6.07, 6.45) is 7.68. The molecule has 0 aromatic carbocycles. The first-order valence-electron chi connectivity index (χ1n) is 6.79. The second-order valence-electron chi connectivity index (χ2n) is 5.20. The number of ether oxygens (including phenoxy) is 1. The van der Waals surface area contributed by atoms with Crippen LogP contribution < -0.4 is 11.1 Å². The van der Waals surface area contributed by atoms with E-state index in [0.29, 0.717) is 18.2 Å². The molecule has 0 amide bonds. The molecule has 0 radical (unpaired) electrons. The van der Waals surface area contributed by atoms with Gasteiger partial charge >= 0.3 is 0 Å². The summed E-state index contributed by atoms with van der Waals surface area (Å²) < 4.78 is 5.50. The first kappa shape index (κ1) is 13.9. The zero-order valence-electron chi connectivity index (χ0n) is 10.9. The van der Waals surface area contributed by atoms with Gasteiger partial charge in [0.1, 0.15) is 0 Å². The van der Waals surface area contributed by atoms with Crippen LogP contribution >= 0.6 is 0 Å². The maximum Gasteiger partial charge on any atom is 0.0518 e. The summed E-state index contributed by atoms with van der Waals surface area (Å²) in [6, 6.07) is 1.09. The maximum absolute atomic E-state index is 5.95. The molecule has 1 aliphatic rings. The molecule has 1 saturated carbocycles. The molecule has 1 rings (SSSR count). The molecule has 0 spiro atoms. The molecular weight excluding hydrogens is 200 g/mol. The summed E-state index contributed by atoms with van der Waals surface area (Å²) in [5, 5.41) is 3.60. The Hall–Kier alpha value is -0.120. The van der Waals surface area contributed by atoms with E-state index in [-0.39, 0.29) is 0 Å². The summed E-state index contributed by atoms with van der Waals surface area (Å²) in [7, 11) is 0. The highest BCUT2D eigenvalue weighted by Gasteiger charge is 2.17. The summed E-state index contributed by atoms with van der Waals surface area (Å²) >= 11 is 0. The molecule has 0 aliphatic heterocycles. The Morgan fingerprint density at radius 1 is 1.31 bits per heavy atom. The Bertz CT molecular complexity index is 173. The molecular formula is C13H28N2O. The average molecular weight is 228 g/mol. The number of nitrogens with two attached hydrogens (primary N) is 1. The predicted octanol–water partition coefficient (Wildman–Crippen LogP) is 2.05. The van der Waals surface area contributed by atoms with Gasteiger partial charge in [0.15, 0.2) is 0 Å². The molecule has 0 saturated heterocycles. The van der Waals surface area contributed by atoms with Gasteiger partial charge in [-0.15, -0.1) is 0 Å². The van der Waals surface area contributed by atoms with Crippen LogP contribution in [0.4, 0.5) is 0 Å². The molecule has 2 unspecified atom stereocenters. The lowest BCUT2D eigenvalue weighted by Crippen LogP contribution is -2.39. The lowest BCUT2D eigenvalue weighted by Gasteiger charge is -2.27. The zero-order valence-corrected chi connectivity index (χ0v) is 10.9.